The normalized spacial score (nSPS) is 18.2. The molecule has 1 atom stereocenters. The molecule has 2 aliphatic rings. The zero-order valence-electron chi connectivity index (χ0n) is 20.8. The third kappa shape index (κ3) is 6.29. The minimum absolute atomic E-state index is 0.0281. The second-order valence-electron chi connectivity index (χ2n) is 9.74. The van der Waals surface area contributed by atoms with Gasteiger partial charge in [0.15, 0.2) is 17.3 Å². The molecule has 0 bridgehead atoms. The van der Waals surface area contributed by atoms with Gasteiger partial charge >= 0.3 is 0 Å². The van der Waals surface area contributed by atoms with Crippen LogP contribution in [-0.4, -0.2) is 44.0 Å². The van der Waals surface area contributed by atoms with Crippen LogP contribution in [0.2, 0.25) is 0 Å². The van der Waals surface area contributed by atoms with E-state index in [2.05, 4.69) is 41.3 Å². The molecule has 1 saturated carbocycles. The van der Waals surface area contributed by atoms with Crippen LogP contribution in [0.3, 0.4) is 0 Å². The van der Waals surface area contributed by atoms with Gasteiger partial charge in [0.05, 0.1) is 13.7 Å². The molecule has 182 valence electrons. The number of hydrogen-bond acceptors (Lipinski definition) is 4. The monoisotopic (exact) mass is 461 g/mol. The van der Waals surface area contributed by atoms with E-state index in [1.807, 2.05) is 6.07 Å². The Morgan fingerprint density at radius 2 is 1.85 bits per heavy atom. The average Bonchev–Trinajstić information content (AvgIpc) is 2.89. The highest BCUT2D eigenvalue weighted by atomic mass is 16.5. The highest BCUT2D eigenvalue weighted by molar-refractivity contribution is 5.94. The lowest BCUT2D eigenvalue weighted by molar-refractivity contribution is 0.101. The second-order valence-corrected chi connectivity index (χ2v) is 9.74. The molecule has 4 heteroatoms. The molecule has 0 amide bonds. The Kier molecular flexibility index (Phi) is 8.81. The molecule has 2 aromatic rings. The Hall–Kier alpha value is -2.59. The van der Waals surface area contributed by atoms with Gasteiger partial charge in [0.25, 0.3) is 0 Å². The molecule has 1 unspecified atom stereocenters. The summed E-state index contributed by atoms with van der Waals surface area (Å²) in [5.41, 5.74) is 3.80. The SMILES string of the molecule is COc1cc(C(C)=O)ccc1OCCCN1CC=C(C(c2ccccc2)C2CCCCC2)CC1. The van der Waals surface area contributed by atoms with Crippen LogP contribution in [0.1, 0.15) is 73.7 Å². The van der Waals surface area contributed by atoms with Crippen molar-refractivity contribution in [1.82, 2.24) is 4.90 Å². The number of ketones is 1. The lowest BCUT2D eigenvalue weighted by atomic mass is 9.72. The molecule has 1 aliphatic carbocycles. The predicted molar refractivity (Wildman–Crippen MR) is 138 cm³/mol. The minimum atomic E-state index is 0.0281. The maximum Gasteiger partial charge on any atom is 0.161 e. The molecule has 2 aromatic carbocycles. The number of carbonyl (C=O) groups is 1. The Balaban J connectivity index is 1.30. The lowest BCUT2D eigenvalue weighted by Crippen LogP contribution is -2.32. The van der Waals surface area contributed by atoms with Gasteiger partial charge in [0, 0.05) is 31.1 Å². The van der Waals surface area contributed by atoms with Gasteiger partial charge in [-0.25, -0.2) is 0 Å². The molecule has 0 N–H and O–H groups in total. The maximum atomic E-state index is 11.6. The van der Waals surface area contributed by atoms with Crippen LogP contribution in [0.15, 0.2) is 60.2 Å². The largest absolute Gasteiger partial charge is 0.493 e. The van der Waals surface area contributed by atoms with Crippen LogP contribution >= 0.6 is 0 Å². The summed E-state index contributed by atoms with van der Waals surface area (Å²) < 4.78 is 11.4. The highest BCUT2D eigenvalue weighted by Gasteiger charge is 2.29. The maximum absolute atomic E-state index is 11.6. The van der Waals surface area contributed by atoms with Gasteiger partial charge in [-0.15, -0.1) is 0 Å². The smallest absolute Gasteiger partial charge is 0.161 e. The van der Waals surface area contributed by atoms with Gasteiger partial charge in [-0.1, -0.05) is 61.2 Å². The van der Waals surface area contributed by atoms with Gasteiger partial charge in [-0.2, -0.15) is 0 Å². The third-order valence-electron chi connectivity index (χ3n) is 7.45. The van der Waals surface area contributed by atoms with E-state index < -0.39 is 0 Å². The van der Waals surface area contributed by atoms with Gasteiger partial charge in [0.2, 0.25) is 0 Å². The van der Waals surface area contributed by atoms with Crippen molar-refractivity contribution in [2.24, 2.45) is 5.92 Å². The number of ether oxygens (including phenoxy) is 2. The van der Waals surface area contributed by atoms with Crippen LogP contribution in [0, 0.1) is 5.92 Å². The zero-order chi connectivity index (χ0) is 23.8. The van der Waals surface area contributed by atoms with E-state index >= 15 is 0 Å². The number of rotatable bonds is 10. The average molecular weight is 462 g/mol. The van der Waals surface area contributed by atoms with Crippen LogP contribution in [0.4, 0.5) is 0 Å². The first-order valence-corrected chi connectivity index (χ1v) is 12.9. The summed E-state index contributed by atoms with van der Waals surface area (Å²) in [4.78, 5) is 14.1. The van der Waals surface area contributed by atoms with Crippen LogP contribution in [0.5, 0.6) is 11.5 Å². The van der Waals surface area contributed by atoms with Crippen molar-refractivity contribution in [3.05, 3.63) is 71.3 Å². The van der Waals surface area contributed by atoms with E-state index in [0.717, 1.165) is 38.4 Å². The summed E-state index contributed by atoms with van der Waals surface area (Å²) in [5, 5.41) is 0. The topological polar surface area (TPSA) is 38.8 Å². The van der Waals surface area contributed by atoms with Gasteiger partial charge < -0.3 is 9.47 Å². The Bertz CT molecular complexity index is 962. The predicted octanol–water partition coefficient (Wildman–Crippen LogP) is 6.66. The molecule has 0 aromatic heterocycles. The van der Waals surface area contributed by atoms with E-state index in [1.165, 1.54) is 37.7 Å². The van der Waals surface area contributed by atoms with E-state index in [4.69, 9.17) is 9.47 Å². The summed E-state index contributed by atoms with van der Waals surface area (Å²) in [6, 6.07) is 16.6. The molecule has 0 radical (unpaired) electrons. The Morgan fingerprint density at radius 3 is 2.53 bits per heavy atom. The number of benzene rings is 2. The molecule has 1 heterocycles. The van der Waals surface area contributed by atoms with Gasteiger partial charge in [-0.3, -0.25) is 9.69 Å². The highest BCUT2D eigenvalue weighted by Crippen LogP contribution is 2.42. The molecular weight excluding hydrogens is 422 g/mol. The Labute approximate surface area is 205 Å². The molecule has 1 aliphatic heterocycles. The van der Waals surface area contributed by atoms with E-state index in [1.54, 1.807) is 31.7 Å². The first kappa shape index (κ1) is 24.5. The number of carbonyl (C=O) groups excluding carboxylic acids is 1. The van der Waals surface area contributed by atoms with Crippen molar-refractivity contribution in [2.45, 2.75) is 57.8 Å². The fraction of sp³-hybridized carbons (Fsp3) is 0.500. The number of hydrogen-bond donors (Lipinski definition) is 0. The van der Waals surface area contributed by atoms with Crippen molar-refractivity contribution in [2.75, 3.05) is 33.4 Å². The van der Waals surface area contributed by atoms with Crippen LogP contribution < -0.4 is 9.47 Å². The minimum Gasteiger partial charge on any atom is -0.493 e. The van der Waals surface area contributed by atoms with Gasteiger partial charge in [-0.05, 0) is 62.3 Å². The van der Waals surface area contributed by atoms with Crippen molar-refractivity contribution in [1.29, 1.82) is 0 Å². The fourth-order valence-corrected chi connectivity index (χ4v) is 5.61. The van der Waals surface area contributed by atoms with Crippen molar-refractivity contribution in [3.63, 3.8) is 0 Å². The number of Topliss-reactive ketones (excluding diaryl/α,β-unsaturated/α-hetero) is 1. The summed E-state index contributed by atoms with van der Waals surface area (Å²) in [6.07, 6.45) is 11.6. The second kappa shape index (κ2) is 12.2. The molecule has 34 heavy (non-hydrogen) atoms. The molecule has 4 rings (SSSR count). The van der Waals surface area contributed by atoms with Gasteiger partial charge in [0.1, 0.15) is 0 Å². The zero-order valence-corrected chi connectivity index (χ0v) is 20.8. The summed E-state index contributed by atoms with van der Waals surface area (Å²) in [5.74, 6) is 2.74. The molecule has 0 saturated heterocycles. The number of methoxy groups -OCH3 is 1. The first-order chi connectivity index (χ1) is 16.7. The standard InChI is InChI=1S/C30H39NO3/c1-23(32)27-14-15-28(29(22-27)33-2)34-21-9-18-31-19-16-26(17-20-31)30(24-10-5-3-6-11-24)25-12-7-4-8-13-25/h3,5-6,10-11,14-16,22,25,30H,4,7-9,12-13,17-21H2,1-2H3. The quantitative estimate of drug-likeness (QED) is 0.225. The fourth-order valence-electron chi connectivity index (χ4n) is 5.61. The molecule has 1 fully saturated rings. The molecule has 0 spiro atoms. The lowest BCUT2D eigenvalue weighted by Gasteiger charge is -2.36. The first-order valence-electron chi connectivity index (χ1n) is 12.9. The molecular formula is C30H39NO3. The summed E-state index contributed by atoms with van der Waals surface area (Å²) >= 11 is 0. The van der Waals surface area contributed by atoms with Crippen LogP contribution in [0.25, 0.3) is 0 Å². The third-order valence-corrected chi connectivity index (χ3v) is 7.45. The van der Waals surface area contributed by atoms with E-state index in [-0.39, 0.29) is 5.78 Å². The van der Waals surface area contributed by atoms with E-state index in [9.17, 15) is 4.79 Å². The van der Waals surface area contributed by atoms with E-state index in [0.29, 0.717) is 29.6 Å². The van der Waals surface area contributed by atoms with Crippen molar-refractivity contribution >= 4 is 5.78 Å². The summed E-state index contributed by atoms with van der Waals surface area (Å²) in [6.45, 7) is 5.38. The molecule has 4 nitrogen and oxygen atoms in total. The van der Waals surface area contributed by atoms with Crippen LogP contribution in [-0.2, 0) is 0 Å². The van der Waals surface area contributed by atoms with Crippen molar-refractivity contribution < 1.29 is 14.3 Å². The number of nitrogens with zero attached hydrogens (tertiary/aromatic N) is 1. The Morgan fingerprint density at radius 1 is 1.06 bits per heavy atom. The van der Waals surface area contributed by atoms with Crippen molar-refractivity contribution in [3.8, 4) is 11.5 Å². The summed E-state index contributed by atoms with van der Waals surface area (Å²) in [7, 11) is 1.61.